The zero-order valence-electron chi connectivity index (χ0n) is 8.13. The molecule has 0 fully saturated rings. The maximum Gasteiger partial charge on any atom is 0.287 e. The van der Waals surface area contributed by atoms with Gasteiger partial charge in [-0.05, 0) is 13.8 Å². The minimum absolute atomic E-state index is 0.191. The van der Waals surface area contributed by atoms with E-state index in [4.69, 9.17) is 21.8 Å². The van der Waals surface area contributed by atoms with Crippen molar-refractivity contribution in [2.75, 3.05) is 6.54 Å². The first-order chi connectivity index (χ1) is 6.44. The highest BCUT2D eigenvalue weighted by molar-refractivity contribution is 6.30. The van der Waals surface area contributed by atoms with Gasteiger partial charge >= 0.3 is 0 Å². The number of hydrogen-bond acceptors (Lipinski definition) is 3. The van der Waals surface area contributed by atoms with Crippen molar-refractivity contribution in [3.05, 3.63) is 23.1 Å². The Balaban J connectivity index is 2.68. The summed E-state index contributed by atoms with van der Waals surface area (Å²) < 4.78 is 4.93. The second-order valence-corrected chi connectivity index (χ2v) is 4.11. The van der Waals surface area contributed by atoms with Crippen molar-refractivity contribution in [1.29, 1.82) is 0 Å². The molecule has 0 radical (unpaired) electrons. The first kappa shape index (κ1) is 11.1. The van der Waals surface area contributed by atoms with Crippen LogP contribution in [0.4, 0.5) is 0 Å². The van der Waals surface area contributed by atoms with Crippen LogP contribution in [0.5, 0.6) is 0 Å². The third-order valence-corrected chi connectivity index (χ3v) is 1.95. The van der Waals surface area contributed by atoms with E-state index >= 15 is 0 Å². The van der Waals surface area contributed by atoms with Crippen molar-refractivity contribution < 1.29 is 9.21 Å². The topological polar surface area (TPSA) is 68.3 Å². The Morgan fingerprint density at radius 1 is 1.71 bits per heavy atom. The van der Waals surface area contributed by atoms with Gasteiger partial charge in [0.25, 0.3) is 5.91 Å². The van der Waals surface area contributed by atoms with Gasteiger partial charge in [-0.3, -0.25) is 4.79 Å². The zero-order valence-corrected chi connectivity index (χ0v) is 8.89. The van der Waals surface area contributed by atoms with Crippen LogP contribution in [0.25, 0.3) is 0 Å². The molecule has 0 spiro atoms. The normalized spacial score (nSPS) is 11.4. The molecule has 1 amide bonds. The molecule has 4 nitrogen and oxygen atoms in total. The van der Waals surface area contributed by atoms with Crippen LogP contribution in [0.3, 0.4) is 0 Å². The maximum atomic E-state index is 11.5. The Kier molecular flexibility index (Phi) is 3.18. The highest BCUT2D eigenvalue weighted by Gasteiger charge is 2.20. The quantitative estimate of drug-likeness (QED) is 0.803. The molecule has 0 unspecified atom stereocenters. The lowest BCUT2D eigenvalue weighted by molar-refractivity contribution is 0.0887. The van der Waals surface area contributed by atoms with E-state index in [1.54, 1.807) is 0 Å². The molecule has 78 valence electrons. The summed E-state index contributed by atoms with van der Waals surface area (Å²) in [7, 11) is 0. The first-order valence-electron chi connectivity index (χ1n) is 4.21. The molecule has 0 saturated carbocycles. The number of nitrogens with two attached hydrogens (primary N) is 1. The summed E-state index contributed by atoms with van der Waals surface area (Å²) >= 11 is 5.61. The maximum absolute atomic E-state index is 11.5. The summed E-state index contributed by atoms with van der Waals surface area (Å²) in [6, 6.07) is 1.46. The molecule has 14 heavy (non-hydrogen) atoms. The largest absolute Gasteiger partial charge is 0.458 e. The van der Waals surface area contributed by atoms with E-state index in [0.717, 1.165) is 0 Å². The molecule has 0 aromatic carbocycles. The predicted molar refractivity (Wildman–Crippen MR) is 54.3 cm³/mol. The SMILES string of the molecule is CC(C)(CN)NC(=O)c1cc(Cl)co1. The lowest BCUT2D eigenvalue weighted by Gasteiger charge is -2.23. The van der Waals surface area contributed by atoms with Crippen molar-refractivity contribution in [2.45, 2.75) is 19.4 Å². The van der Waals surface area contributed by atoms with Crippen LogP contribution in [0.1, 0.15) is 24.4 Å². The number of carbonyl (C=O) groups is 1. The summed E-state index contributed by atoms with van der Waals surface area (Å²) in [6.07, 6.45) is 1.31. The molecule has 1 aromatic rings. The third kappa shape index (κ3) is 2.75. The van der Waals surface area contributed by atoms with Gasteiger partial charge in [-0.2, -0.15) is 0 Å². The molecule has 1 heterocycles. The van der Waals surface area contributed by atoms with E-state index in [1.807, 2.05) is 13.8 Å². The van der Waals surface area contributed by atoms with Crippen LogP contribution >= 0.6 is 11.6 Å². The molecule has 0 atom stereocenters. The Bertz CT molecular complexity index is 333. The minimum Gasteiger partial charge on any atom is -0.458 e. The van der Waals surface area contributed by atoms with Crippen molar-refractivity contribution in [3.8, 4) is 0 Å². The Morgan fingerprint density at radius 2 is 2.36 bits per heavy atom. The van der Waals surface area contributed by atoms with Crippen LogP contribution in [0.2, 0.25) is 5.02 Å². The molecule has 3 N–H and O–H groups in total. The lowest BCUT2D eigenvalue weighted by atomic mass is 10.1. The fourth-order valence-electron chi connectivity index (χ4n) is 0.852. The van der Waals surface area contributed by atoms with E-state index in [2.05, 4.69) is 5.32 Å². The molecule has 0 aliphatic heterocycles. The third-order valence-electron chi connectivity index (χ3n) is 1.75. The molecule has 0 aliphatic rings. The van der Waals surface area contributed by atoms with Crippen molar-refractivity contribution in [1.82, 2.24) is 5.32 Å². The zero-order chi connectivity index (χ0) is 10.8. The monoisotopic (exact) mass is 216 g/mol. The first-order valence-corrected chi connectivity index (χ1v) is 4.59. The Hall–Kier alpha value is -1.00. The molecular weight excluding hydrogens is 204 g/mol. The van der Waals surface area contributed by atoms with E-state index < -0.39 is 5.54 Å². The summed E-state index contributed by atoms with van der Waals surface area (Å²) in [5, 5.41) is 3.12. The van der Waals surface area contributed by atoms with E-state index in [9.17, 15) is 4.79 Å². The van der Waals surface area contributed by atoms with Crippen molar-refractivity contribution in [2.24, 2.45) is 5.73 Å². The molecule has 0 aliphatic carbocycles. The number of furan rings is 1. The van der Waals surface area contributed by atoms with Crippen LogP contribution in [-0.4, -0.2) is 18.0 Å². The number of hydrogen-bond donors (Lipinski definition) is 2. The fourth-order valence-corrected chi connectivity index (χ4v) is 0.996. The number of rotatable bonds is 3. The highest BCUT2D eigenvalue weighted by atomic mass is 35.5. The van der Waals surface area contributed by atoms with Gasteiger partial charge in [-0.1, -0.05) is 11.6 Å². The summed E-state index contributed by atoms with van der Waals surface area (Å²) in [6.45, 7) is 4.01. The van der Waals surface area contributed by atoms with Crippen LogP contribution in [0, 0.1) is 0 Å². The van der Waals surface area contributed by atoms with Gasteiger partial charge in [0.15, 0.2) is 5.76 Å². The molecule has 1 rings (SSSR count). The molecule has 5 heteroatoms. The average Bonchev–Trinajstić information content (AvgIpc) is 2.51. The predicted octanol–water partition coefficient (Wildman–Crippen LogP) is 1.40. The lowest BCUT2D eigenvalue weighted by Crippen LogP contribution is -2.48. The number of nitrogens with one attached hydrogen (secondary N) is 1. The smallest absolute Gasteiger partial charge is 0.287 e. The highest BCUT2D eigenvalue weighted by Crippen LogP contribution is 2.13. The average molecular weight is 217 g/mol. The van der Waals surface area contributed by atoms with Gasteiger partial charge < -0.3 is 15.5 Å². The molecule has 0 bridgehead atoms. The van der Waals surface area contributed by atoms with Crippen LogP contribution in [0.15, 0.2) is 16.7 Å². The van der Waals surface area contributed by atoms with Gasteiger partial charge in [0, 0.05) is 18.2 Å². The van der Waals surface area contributed by atoms with E-state index in [1.165, 1.54) is 12.3 Å². The van der Waals surface area contributed by atoms with Crippen molar-refractivity contribution in [3.63, 3.8) is 0 Å². The minimum atomic E-state index is -0.448. The Labute approximate surface area is 87.4 Å². The fraction of sp³-hybridized carbons (Fsp3) is 0.444. The molecule has 0 saturated heterocycles. The Morgan fingerprint density at radius 3 is 2.79 bits per heavy atom. The second kappa shape index (κ2) is 4.02. The number of carbonyl (C=O) groups excluding carboxylic acids is 1. The number of amides is 1. The van der Waals surface area contributed by atoms with Crippen LogP contribution in [-0.2, 0) is 0 Å². The summed E-state index contributed by atoms with van der Waals surface area (Å²) in [5.74, 6) is -0.121. The van der Waals surface area contributed by atoms with E-state index in [-0.39, 0.29) is 11.7 Å². The summed E-state index contributed by atoms with van der Waals surface area (Å²) in [5.41, 5.74) is 5.02. The number of halogens is 1. The summed E-state index contributed by atoms with van der Waals surface area (Å²) in [4.78, 5) is 11.5. The van der Waals surface area contributed by atoms with Gasteiger partial charge in [-0.25, -0.2) is 0 Å². The van der Waals surface area contributed by atoms with Gasteiger partial charge in [0.1, 0.15) is 6.26 Å². The van der Waals surface area contributed by atoms with Gasteiger partial charge in [0.05, 0.1) is 5.02 Å². The second-order valence-electron chi connectivity index (χ2n) is 3.67. The van der Waals surface area contributed by atoms with Crippen LogP contribution < -0.4 is 11.1 Å². The molecular formula is C9H13ClN2O2. The standard InChI is InChI=1S/C9H13ClN2O2/c1-9(2,5-11)12-8(13)7-3-6(10)4-14-7/h3-4H,5,11H2,1-2H3,(H,12,13). The van der Waals surface area contributed by atoms with Crippen molar-refractivity contribution >= 4 is 17.5 Å². The van der Waals surface area contributed by atoms with Gasteiger partial charge in [0.2, 0.25) is 0 Å². The van der Waals surface area contributed by atoms with Gasteiger partial charge in [-0.15, -0.1) is 0 Å². The van der Waals surface area contributed by atoms with E-state index in [0.29, 0.717) is 11.6 Å². The molecule has 1 aromatic heterocycles.